The molecule has 1 atom stereocenters. The van der Waals surface area contributed by atoms with Crippen LogP contribution in [-0.4, -0.2) is 23.5 Å². The summed E-state index contributed by atoms with van der Waals surface area (Å²) in [5.74, 6) is 0.0981. The molecular formula is C15H23N3O. The largest absolute Gasteiger partial charge is 0.351 e. The number of hydrogen-bond donors (Lipinski definition) is 2. The van der Waals surface area contributed by atoms with Gasteiger partial charge in [-0.25, -0.2) is 0 Å². The minimum Gasteiger partial charge on any atom is -0.351 e. The fourth-order valence-corrected chi connectivity index (χ4v) is 2.64. The first-order valence-corrected chi connectivity index (χ1v) is 6.91. The van der Waals surface area contributed by atoms with E-state index in [1.54, 1.807) is 6.20 Å². The Balaban J connectivity index is 1.96. The van der Waals surface area contributed by atoms with Crippen molar-refractivity contribution in [1.82, 2.24) is 15.6 Å². The summed E-state index contributed by atoms with van der Waals surface area (Å²) >= 11 is 0. The lowest BCUT2D eigenvalue weighted by Crippen LogP contribution is -2.55. The van der Waals surface area contributed by atoms with Crippen molar-refractivity contribution in [3.63, 3.8) is 0 Å². The predicted octanol–water partition coefficient (Wildman–Crippen LogP) is 1.78. The van der Waals surface area contributed by atoms with E-state index in [0.717, 1.165) is 30.5 Å². The monoisotopic (exact) mass is 261 g/mol. The van der Waals surface area contributed by atoms with E-state index >= 15 is 0 Å². The van der Waals surface area contributed by atoms with Gasteiger partial charge in [0.2, 0.25) is 5.91 Å². The molecule has 0 aliphatic carbocycles. The molecule has 1 aliphatic rings. The van der Waals surface area contributed by atoms with Crippen LogP contribution in [0.1, 0.15) is 37.8 Å². The van der Waals surface area contributed by atoms with Gasteiger partial charge in [-0.15, -0.1) is 0 Å². The molecule has 1 fully saturated rings. The fourth-order valence-electron chi connectivity index (χ4n) is 2.64. The Kier molecular flexibility index (Phi) is 4.20. The maximum absolute atomic E-state index is 12.3. The van der Waals surface area contributed by atoms with Gasteiger partial charge in [-0.3, -0.25) is 9.78 Å². The quantitative estimate of drug-likeness (QED) is 0.872. The fraction of sp³-hybridized carbons (Fsp3) is 0.600. The summed E-state index contributed by atoms with van der Waals surface area (Å²) in [7, 11) is 0. The Bertz CT molecular complexity index is 456. The van der Waals surface area contributed by atoms with Gasteiger partial charge in [-0.1, -0.05) is 13.8 Å². The molecule has 0 radical (unpaired) electrons. The second kappa shape index (κ2) is 5.70. The van der Waals surface area contributed by atoms with Gasteiger partial charge in [0.25, 0.3) is 0 Å². The number of aryl methyl sites for hydroxylation is 1. The number of hydrogen-bond acceptors (Lipinski definition) is 3. The molecule has 1 aromatic rings. The van der Waals surface area contributed by atoms with Crippen LogP contribution in [0.15, 0.2) is 18.5 Å². The molecule has 0 spiro atoms. The van der Waals surface area contributed by atoms with Crippen molar-refractivity contribution in [3.8, 4) is 0 Å². The van der Waals surface area contributed by atoms with Gasteiger partial charge in [0.1, 0.15) is 0 Å². The van der Waals surface area contributed by atoms with Crippen LogP contribution in [0, 0.1) is 12.3 Å². The Morgan fingerprint density at radius 3 is 3.05 bits per heavy atom. The molecule has 2 heterocycles. The third-order valence-electron chi connectivity index (χ3n) is 3.98. The molecule has 0 bridgehead atoms. The van der Waals surface area contributed by atoms with E-state index in [0.29, 0.717) is 6.54 Å². The van der Waals surface area contributed by atoms with Crippen LogP contribution in [-0.2, 0) is 11.3 Å². The van der Waals surface area contributed by atoms with Gasteiger partial charge in [-0.2, -0.15) is 0 Å². The van der Waals surface area contributed by atoms with Crippen LogP contribution in [0.2, 0.25) is 0 Å². The highest BCUT2D eigenvalue weighted by Gasteiger charge is 2.36. The average molecular weight is 261 g/mol. The lowest BCUT2D eigenvalue weighted by atomic mass is 9.77. The van der Waals surface area contributed by atoms with E-state index in [-0.39, 0.29) is 17.4 Å². The minimum atomic E-state index is -0.0941. The third-order valence-corrected chi connectivity index (χ3v) is 3.98. The topological polar surface area (TPSA) is 54.0 Å². The second-order valence-electron chi connectivity index (χ2n) is 6.00. The zero-order valence-electron chi connectivity index (χ0n) is 12.0. The molecule has 0 aromatic carbocycles. The molecule has 4 heteroatoms. The summed E-state index contributed by atoms with van der Waals surface area (Å²) in [5, 5.41) is 6.37. The number of rotatable bonds is 3. The van der Waals surface area contributed by atoms with Crippen molar-refractivity contribution in [1.29, 1.82) is 0 Å². The number of carbonyl (C=O) groups excluding carboxylic acids is 1. The van der Waals surface area contributed by atoms with Crippen molar-refractivity contribution in [3.05, 3.63) is 29.6 Å². The number of aromatic nitrogens is 1. The first kappa shape index (κ1) is 14.0. The molecule has 1 saturated heterocycles. The first-order chi connectivity index (χ1) is 9.00. The number of piperidine rings is 1. The number of amides is 1. The first-order valence-electron chi connectivity index (χ1n) is 6.91. The second-order valence-corrected chi connectivity index (χ2v) is 6.00. The van der Waals surface area contributed by atoms with E-state index in [9.17, 15) is 4.79 Å². The van der Waals surface area contributed by atoms with Gasteiger partial charge in [0.15, 0.2) is 0 Å². The van der Waals surface area contributed by atoms with Gasteiger partial charge in [-0.05, 0) is 48.9 Å². The van der Waals surface area contributed by atoms with E-state index in [1.807, 2.05) is 19.2 Å². The van der Waals surface area contributed by atoms with Crippen LogP contribution in [0.4, 0.5) is 0 Å². The van der Waals surface area contributed by atoms with E-state index < -0.39 is 0 Å². The highest BCUT2D eigenvalue weighted by atomic mass is 16.2. The molecular weight excluding hydrogens is 238 g/mol. The van der Waals surface area contributed by atoms with Crippen molar-refractivity contribution in [2.24, 2.45) is 5.41 Å². The zero-order chi connectivity index (χ0) is 13.9. The van der Waals surface area contributed by atoms with Gasteiger partial charge < -0.3 is 10.6 Å². The summed E-state index contributed by atoms with van der Waals surface area (Å²) in [6.07, 6.45) is 5.81. The van der Waals surface area contributed by atoms with Crippen LogP contribution in [0.25, 0.3) is 0 Å². The van der Waals surface area contributed by atoms with E-state index in [4.69, 9.17) is 0 Å². The van der Waals surface area contributed by atoms with E-state index in [2.05, 4.69) is 29.5 Å². The molecule has 1 amide bonds. The van der Waals surface area contributed by atoms with E-state index in [1.165, 1.54) is 0 Å². The number of pyridine rings is 1. The van der Waals surface area contributed by atoms with Crippen LogP contribution in [0.5, 0.6) is 0 Å². The minimum absolute atomic E-state index is 0.0234. The summed E-state index contributed by atoms with van der Waals surface area (Å²) in [6, 6.07) is 1.86. The van der Waals surface area contributed by atoms with Crippen LogP contribution < -0.4 is 10.6 Å². The molecule has 1 aliphatic heterocycles. The Hall–Kier alpha value is -1.42. The Morgan fingerprint density at radius 2 is 2.37 bits per heavy atom. The summed E-state index contributed by atoms with van der Waals surface area (Å²) in [6.45, 7) is 7.82. The smallest absolute Gasteiger partial charge is 0.237 e. The molecule has 1 aromatic heterocycles. The van der Waals surface area contributed by atoms with Gasteiger partial charge in [0, 0.05) is 18.9 Å². The molecule has 104 valence electrons. The van der Waals surface area contributed by atoms with Crippen molar-refractivity contribution < 1.29 is 4.79 Å². The lowest BCUT2D eigenvalue weighted by molar-refractivity contribution is -0.126. The predicted molar refractivity (Wildman–Crippen MR) is 75.6 cm³/mol. The molecule has 19 heavy (non-hydrogen) atoms. The average Bonchev–Trinajstić information content (AvgIpc) is 2.37. The standard InChI is InChI=1S/C15H23N3O/c1-11-9-16-8-5-12(11)10-18-14(19)13-15(2,3)6-4-7-17-13/h5,8-9,13,17H,4,6-7,10H2,1-3H3,(H,18,19). The van der Waals surface area contributed by atoms with Crippen molar-refractivity contribution in [2.45, 2.75) is 46.2 Å². The van der Waals surface area contributed by atoms with Crippen LogP contribution in [0.3, 0.4) is 0 Å². The maximum Gasteiger partial charge on any atom is 0.237 e. The number of nitrogens with one attached hydrogen (secondary N) is 2. The molecule has 4 nitrogen and oxygen atoms in total. The summed E-state index contributed by atoms with van der Waals surface area (Å²) < 4.78 is 0. The summed E-state index contributed by atoms with van der Waals surface area (Å²) in [4.78, 5) is 16.4. The third kappa shape index (κ3) is 3.32. The normalized spacial score (nSPS) is 21.9. The molecule has 2 rings (SSSR count). The van der Waals surface area contributed by atoms with Gasteiger partial charge >= 0.3 is 0 Å². The lowest BCUT2D eigenvalue weighted by Gasteiger charge is -2.38. The SMILES string of the molecule is Cc1cnccc1CNC(=O)C1NCCCC1(C)C. The molecule has 2 N–H and O–H groups in total. The Labute approximate surface area is 115 Å². The maximum atomic E-state index is 12.3. The van der Waals surface area contributed by atoms with Crippen molar-refractivity contribution >= 4 is 5.91 Å². The zero-order valence-corrected chi connectivity index (χ0v) is 12.0. The van der Waals surface area contributed by atoms with Gasteiger partial charge in [0.05, 0.1) is 6.04 Å². The highest BCUT2D eigenvalue weighted by Crippen LogP contribution is 2.30. The van der Waals surface area contributed by atoms with Crippen molar-refractivity contribution in [2.75, 3.05) is 6.54 Å². The van der Waals surface area contributed by atoms with Crippen LogP contribution >= 0.6 is 0 Å². The highest BCUT2D eigenvalue weighted by molar-refractivity contribution is 5.82. The summed E-state index contributed by atoms with van der Waals surface area (Å²) in [5.41, 5.74) is 2.26. The molecule has 0 saturated carbocycles. The number of nitrogens with zero attached hydrogens (tertiary/aromatic N) is 1. The molecule has 1 unspecified atom stereocenters. The number of carbonyl (C=O) groups is 1. The Morgan fingerprint density at radius 1 is 1.58 bits per heavy atom.